The predicted molar refractivity (Wildman–Crippen MR) is 161 cm³/mol. The Kier molecular flexibility index (Phi) is 9.65. The van der Waals surface area contributed by atoms with Crippen molar-refractivity contribution in [3.8, 4) is 6.07 Å². The molecule has 5 rings (SSSR count). The molecule has 2 heterocycles. The molecule has 0 amide bonds. The van der Waals surface area contributed by atoms with Gasteiger partial charge in [0.05, 0.1) is 6.20 Å². The standard InChI is InChI=1S/C31H45N7S/c1-21(2)38-13-11-27(12-14-38)36-29-23-8-6-9-24(29)16-22(15-23)18-33-30-26(17-32)20-35-31(37-30)34-19-25-7-4-5-10-28(25)39-3/h4-5,7,10,20-24,27,29,36H,6,8-9,11-16,18-19H2,1-3H3,(H2,33,34,35,37)/t22?,23-,24+,29?. The lowest BCUT2D eigenvalue weighted by molar-refractivity contribution is 0.0667. The van der Waals surface area contributed by atoms with E-state index in [1.54, 1.807) is 18.0 Å². The van der Waals surface area contributed by atoms with Crippen molar-refractivity contribution in [3.63, 3.8) is 0 Å². The van der Waals surface area contributed by atoms with E-state index < -0.39 is 0 Å². The lowest BCUT2D eigenvalue weighted by atomic mass is 9.64. The molecule has 8 heteroatoms. The topological polar surface area (TPSA) is 88.9 Å². The van der Waals surface area contributed by atoms with Crippen LogP contribution in [-0.2, 0) is 6.54 Å². The molecule has 39 heavy (non-hydrogen) atoms. The molecular weight excluding hydrogens is 502 g/mol. The van der Waals surface area contributed by atoms with E-state index in [4.69, 9.17) is 4.98 Å². The van der Waals surface area contributed by atoms with Gasteiger partial charge in [-0.2, -0.15) is 10.2 Å². The fourth-order valence-corrected chi connectivity index (χ4v) is 7.73. The minimum atomic E-state index is 0.508. The summed E-state index contributed by atoms with van der Waals surface area (Å²) in [6, 6.07) is 12.7. The van der Waals surface area contributed by atoms with Crippen molar-refractivity contribution in [1.29, 1.82) is 5.26 Å². The van der Waals surface area contributed by atoms with E-state index >= 15 is 0 Å². The number of nitrogens with zero attached hydrogens (tertiary/aromatic N) is 4. The SMILES string of the molecule is CSc1ccccc1CNc1ncc(C#N)c(NCC2C[C@H]3CCC[C@@H](C2)C3NC2CCN(C(C)C)CC2)n1. The maximum Gasteiger partial charge on any atom is 0.224 e. The number of anilines is 2. The summed E-state index contributed by atoms with van der Waals surface area (Å²) in [5.41, 5.74) is 1.73. The average molecular weight is 548 g/mol. The van der Waals surface area contributed by atoms with E-state index in [1.165, 1.54) is 68.5 Å². The number of nitrogens with one attached hydrogen (secondary N) is 3. The van der Waals surface area contributed by atoms with Gasteiger partial charge in [-0.3, -0.25) is 0 Å². The molecule has 2 bridgehead atoms. The summed E-state index contributed by atoms with van der Waals surface area (Å²) in [5.74, 6) is 3.35. The largest absolute Gasteiger partial charge is 0.369 e. The van der Waals surface area contributed by atoms with Crippen LogP contribution in [-0.4, -0.2) is 58.9 Å². The van der Waals surface area contributed by atoms with E-state index in [0.29, 0.717) is 47.9 Å². The molecule has 2 aliphatic carbocycles. The average Bonchev–Trinajstić information content (AvgIpc) is 2.95. The zero-order valence-corrected chi connectivity index (χ0v) is 24.6. The molecule has 3 fully saturated rings. The molecule has 0 spiro atoms. The van der Waals surface area contributed by atoms with E-state index in [9.17, 15) is 5.26 Å². The van der Waals surface area contributed by atoms with Crippen LogP contribution in [0.1, 0.15) is 69.9 Å². The third-order valence-electron chi connectivity index (χ3n) is 9.22. The fourth-order valence-electron chi connectivity index (χ4n) is 7.11. The Hall–Kier alpha value is -2.34. The number of rotatable bonds is 10. The van der Waals surface area contributed by atoms with Crippen LogP contribution in [0.2, 0.25) is 0 Å². The van der Waals surface area contributed by atoms with Crippen LogP contribution in [0.25, 0.3) is 0 Å². The second-order valence-corrected chi connectivity index (χ2v) is 12.8. The number of likely N-dealkylation sites (tertiary alicyclic amines) is 1. The van der Waals surface area contributed by atoms with Crippen molar-refractivity contribution in [1.82, 2.24) is 20.2 Å². The highest BCUT2D eigenvalue weighted by molar-refractivity contribution is 7.98. The number of piperidine rings is 1. The molecule has 1 aromatic carbocycles. The first-order valence-corrected chi connectivity index (χ1v) is 16.1. The van der Waals surface area contributed by atoms with Crippen LogP contribution in [0.4, 0.5) is 11.8 Å². The summed E-state index contributed by atoms with van der Waals surface area (Å²) in [4.78, 5) is 13.0. The maximum absolute atomic E-state index is 9.69. The van der Waals surface area contributed by atoms with Crippen molar-refractivity contribution >= 4 is 23.5 Å². The molecule has 2 aromatic rings. The highest BCUT2D eigenvalue weighted by Crippen LogP contribution is 2.43. The number of nitriles is 1. The smallest absolute Gasteiger partial charge is 0.224 e. The Labute approximate surface area is 238 Å². The van der Waals surface area contributed by atoms with E-state index in [1.807, 2.05) is 0 Å². The van der Waals surface area contributed by atoms with Crippen molar-refractivity contribution in [3.05, 3.63) is 41.6 Å². The number of fused-ring (bicyclic) bond motifs is 2. The number of hydrogen-bond acceptors (Lipinski definition) is 8. The zero-order chi connectivity index (χ0) is 27.2. The van der Waals surface area contributed by atoms with Crippen molar-refractivity contribution in [2.45, 2.75) is 88.4 Å². The van der Waals surface area contributed by atoms with Crippen LogP contribution in [0.5, 0.6) is 0 Å². The van der Waals surface area contributed by atoms with Gasteiger partial charge in [0.25, 0.3) is 0 Å². The minimum Gasteiger partial charge on any atom is -0.369 e. The Morgan fingerprint density at radius 1 is 1.08 bits per heavy atom. The first kappa shape index (κ1) is 28.2. The molecule has 3 aliphatic rings. The third-order valence-corrected chi connectivity index (χ3v) is 10.1. The molecule has 0 radical (unpaired) electrons. The molecule has 4 atom stereocenters. The molecule has 2 saturated carbocycles. The summed E-state index contributed by atoms with van der Waals surface area (Å²) >= 11 is 1.74. The van der Waals surface area contributed by atoms with E-state index in [2.05, 4.69) is 76.3 Å². The van der Waals surface area contributed by atoms with E-state index in [0.717, 1.165) is 18.4 Å². The van der Waals surface area contributed by atoms with Crippen LogP contribution in [0, 0.1) is 29.1 Å². The molecular formula is C31H45N7S. The van der Waals surface area contributed by atoms with Crippen molar-refractivity contribution < 1.29 is 0 Å². The summed E-state index contributed by atoms with van der Waals surface area (Å²) < 4.78 is 0. The van der Waals surface area contributed by atoms with Gasteiger partial charge < -0.3 is 20.9 Å². The van der Waals surface area contributed by atoms with Crippen molar-refractivity contribution in [2.24, 2.45) is 17.8 Å². The molecule has 1 saturated heterocycles. The van der Waals surface area contributed by atoms with Gasteiger partial charge >= 0.3 is 0 Å². The molecule has 7 nitrogen and oxygen atoms in total. The molecule has 210 valence electrons. The molecule has 3 N–H and O–H groups in total. The lowest BCUT2D eigenvalue weighted by Gasteiger charge is -2.48. The van der Waals surface area contributed by atoms with Gasteiger partial charge in [-0.25, -0.2) is 4.98 Å². The second kappa shape index (κ2) is 13.3. The van der Waals surface area contributed by atoms with Gasteiger partial charge in [0.2, 0.25) is 5.95 Å². The second-order valence-electron chi connectivity index (χ2n) is 12.0. The van der Waals surface area contributed by atoms with Gasteiger partial charge in [-0.05, 0) is 101 Å². The quantitative estimate of drug-likeness (QED) is 0.324. The lowest BCUT2D eigenvalue weighted by Crippen LogP contribution is -2.55. The summed E-state index contributed by atoms with van der Waals surface area (Å²) in [7, 11) is 0. The van der Waals surface area contributed by atoms with Gasteiger partial charge in [-0.15, -0.1) is 11.8 Å². The Balaban J connectivity index is 1.16. The number of aromatic nitrogens is 2. The van der Waals surface area contributed by atoms with Gasteiger partial charge in [0.1, 0.15) is 17.5 Å². The fraction of sp³-hybridized carbons (Fsp3) is 0.645. The first-order chi connectivity index (χ1) is 19.0. The van der Waals surface area contributed by atoms with Crippen LogP contribution < -0.4 is 16.0 Å². The Morgan fingerprint density at radius 2 is 1.82 bits per heavy atom. The van der Waals surface area contributed by atoms with Gasteiger partial charge in [0, 0.05) is 36.1 Å². The minimum absolute atomic E-state index is 0.508. The monoisotopic (exact) mass is 547 g/mol. The normalized spacial score (nSPS) is 25.8. The summed E-state index contributed by atoms with van der Waals surface area (Å²) in [6.07, 6.45) is 12.9. The molecule has 1 aliphatic heterocycles. The van der Waals surface area contributed by atoms with E-state index in [-0.39, 0.29) is 0 Å². The number of thioether (sulfide) groups is 1. The maximum atomic E-state index is 9.69. The highest BCUT2D eigenvalue weighted by Gasteiger charge is 2.41. The Bertz CT molecular complexity index is 1110. The molecule has 2 unspecified atom stereocenters. The third kappa shape index (κ3) is 7.06. The van der Waals surface area contributed by atoms with Gasteiger partial charge in [0.15, 0.2) is 0 Å². The van der Waals surface area contributed by atoms with Crippen LogP contribution in [0.15, 0.2) is 35.4 Å². The summed E-state index contributed by atoms with van der Waals surface area (Å²) in [6.45, 7) is 8.61. The molecule has 1 aromatic heterocycles. The predicted octanol–water partition coefficient (Wildman–Crippen LogP) is 5.75. The van der Waals surface area contributed by atoms with Crippen molar-refractivity contribution in [2.75, 3.05) is 36.5 Å². The highest BCUT2D eigenvalue weighted by atomic mass is 32.2. The number of benzene rings is 1. The first-order valence-electron chi connectivity index (χ1n) is 14.9. The van der Waals surface area contributed by atoms with Crippen LogP contribution in [0.3, 0.4) is 0 Å². The zero-order valence-electron chi connectivity index (χ0n) is 23.8. The summed E-state index contributed by atoms with van der Waals surface area (Å²) in [5, 5.41) is 20.7. The van der Waals surface area contributed by atoms with Crippen LogP contribution >= 0.6 is 11.8 Å². The Morgan fingerprint density at radius 3 is 2.51 bits per heavy atom. The van der Waals surface area contributed by atoms with Gasteiger partial charge in [-0.1, -0.05) is 24.6 Å². The number of hydrogen-bond donors (Lipinski definition) is 3.